The standard InChI is InChI=1S/C22H34N4O3/c1-22(2,3)20(28)23-14-8-9-19(27)24-17-10-12-18(13-11-17)25-21(29)26-15-6-4-5-7-16-26/h10-13H,4-9,14-16H2,1-3H3,(H,23,28)(H,24,27)(H,25,29). The van der Waals surface area contributed by atoms with Crippen molar-refractivity contribution in [2.24, 2.45) is 5.41 Å². The van der Waals surface area contributed by atoms with Gasteiger partial charge in [0, 0.05) is 42.8 Å². The number of carbonyl (C=O) groups excluding carboxylic acids is 3. The number of nitrogens with zero attached hydrogens (tertiary/aromatic N) is 1. The number of benzene rings is 1. The van der Waals surface area contributed by atoms with Gasteiger partial charge in [-0.2, -0.15) is 0 Å². The highest BCUT2D eigenvalue weighted by molar-refractivity contribution is 5.92. The Morgan fingerprint density at radius 3 is 2.00 bits per heavy atom. The van der Waals surface area contributed by atoms with E-state index in [0.717, 1.165) is 25.9 Å². The predicted molar refractivity (Wildman–Crippen MR) is 116 cm³/mol. The Hall–Kier alpha value is -2.57. The van der Waals surface area contributed by atoms with Crippen LogP contribution in [0.4, 0.5) is 16.2 Å². The number of carbonyl (C=O) groups is 3. The normalized spacial score (nSPS) is 14.7. The lowest BCUT2D eigenvalue weighted by Crippen LogP contribution is -2.35. The van der Waals surface area contributed by atoms with Gasteiger partial charge < -0.3 is 20.9 Å². The molecule has 7 heteroatoms. The maximum absolute atomic E-state index is 12.4. The fourth-order valence-electron chi connectivity index (χ4n) is 3.05. The molecule has 0 radical (unpaired) electrons. The summed E-state index contributed by atoms with van der Waals surface area (Å²) < 4.78 is 0. The third kappa shape index (κ3) is 8.13. The summed E-state index contributed by atoms with van der Waals surface area (Å²) in [6, 6.07) is 7.05. The van der Waals surface area contributed by atoms with Gasteiger partial charge in [-0.3, -0.25) is 9.59 Å². The van der Waals surface area contributed by atoms with Gasteiger partial charge in [0.1, 0.15) is 0 Å². The van der Waals surface area contributed by atoms with E-state index in [1.165, 1.54) is 12.8 Å². The predicted octanol–water partition coefficient (Wildman–Crippen LogP) is 3.98. The number of nitrogens with one attached hydrogen (secondary N) is 3. The molecule has 160 valence electrons. The molecule has 0 aromatic heterocycles. The molecule has 0 unspecified atom stereocenters. The Balaban J connectivity index is 1.71. The van der Waals surface area contributed by atoms with Crippen molar-refractivity contribution >= 4 is 29.2 Å². The lowest BCUT2D eigenvalue weighted by atomic mass is 9.96. The molecular weight excluding hydrogens is 368 g/mol. The maximum Gasteiger partial charge on any atom is 0.321 e. The highest BCUT2D eigenvalue weighted by atomic mass is 16.2. The smallest absolute Gasteiger partial charge is 0.321 e. The van der Waals surface area contributed by atoms with Crippen molar-refractivity contribution in [3.05, 3.63) is 24.3 Å². The second kappa shape index (κ2) is 10.8. The third-order valence-corrected chi connectivity index (χ3v) is 4.86. The number of hydrogen-bond donors (Lipinski definition) is 3. The van der Waals surface area contributed by atoms with Crippen molar-refractivity contribution in [2.75, 3.05) is 30.3 Å². The van der Waals surface area contributed by atoms with Crippen LogP contribution in [-0.2, 0) is 9.59 Å². The first-order chi connectivity index (χ1) is 13.8. The average Bonchev–Trinajstić information content (AvgIpc) is 2.95. The van der Waals surface area contributed by atoms with Crippen LogP contribution < -0.4 is 16.0 Å². The molecule has 1 heterocycles. The van der Waals surface area contributed by atoms with E-state index in [9.17, 15) is 14.4 Å². The van der Waals surface area contributed by atoms with Crippen molar-refractivity contribution < 1.29 is 14.4 Å². The first-order valence-electron chi connectivity index (χ1n) is 10.5. The molecule has 0 saturated carbocycles. The molecule has 0 spiro atoms. The quantitative estimate of drug-likeness (QED) is 0.629. The van der Waals surface area contributed by atoms with E-state index >= 15 is 0 Å². The van der Waals surface area contributed by atoms with Gasteiger partial charge in [0.15, 0.2) is 0 Å². The van der Waals surface area contributed by atoms with Crippen LogP contribution in [-0.4, -0.2) is 42.4 Å². The maximum atomic E-state index is 12.4. The second-order valence-electron chi connectivity index (χ2n) is 8.57. The number of likely N-dealkylation sites (tertiary alicyclic amines) is 1. The average molecular weight is 403 g/mol. The largest absolute Gasteiger partial charge is 0.356 e. The van der Waals surface area contributed by atoms with Crippen molar-refractivity contribution in [2.45, 2.75) is 59.3 Å². The Morgan fingerprint density at radius 1 is 0.897 bits per heavy atom. The summed E-state index contributed by atoms with van der Waals surface area (Å²) in [4.78, 5) is 38.1. The summed E-state index contributed by atoms with van der Waals surface area (Å²) in [5.41, 5.74) is 0.968. The van der Waals surface area contributed by atoms with E-state index in [2.05, 4.69) is 16.0 Å². The molecule has 29 heavy (non-hydrogen) atoms. The molecule has 1 saturated heterocycles. The minimum absolute atomic E-state index is 0.0179. The zero-order chi connectivity index (χ0) is 21.3. The first-order valence-corrected chi connectivity index (χ1v) is 10.5. The molecule has 4 amide bonds. The van der Waals surface area contributed by atoms with Crippen molar-refractivity contribution in [1.82, 2.24) is 10.2 Å². The van der Waals surface area contributed by atoms with Gasteiger partial charge in [0.05, 0.1) is 0 Å². The fraction of sp³-hybridized carbons (Fsp3) is 0.591. The number of anilines is 2. The van der Waals surface area contributed by atoms with Gasteiger partial charge in [0.25, 0.3) is 0 Å². The van der Waals surface area contributed by atoms with E-state index in [-0.39, 0.29) is 17.8 Å². The monoisotopic (exact) mass is 402 g/mol. The molecule has 1 aromatic carbocycles. The summed E-state index contributed by atoms with van der Waals surface area (Å²) in [6.45, 7) is 7.65. The van der Waals surface area contributed by atoms with Crippen LogP contribution in [0.15, 0.2) is 24.3 Å². The van der Waals surface area contributed by atoms with Crippen LogP contribution in [0.5, 0.6) is 0 Å². The Bertz CT molecular complexity index is 687. The van der Waals surface area contributed by atoms with Crippen LogP contribution in [0.2, 0.25) is 0 Å². The molecule has 3 N–H and O–H groups in total. The summed E-state index contributed by atoms with van der Waals surface area (Å²) in [6.07, 6.45) is 5.38. The van der Waals surface area contributed by atoms with Gasteiger partial charge in [-0.15, -0.1) is 0 Å². The Morgan fingerprint density at radius 2 is 1.45 bits per heavy atom. The summed E-state index contributed by atoms with van der Waals surface area (Å²) in [7, 11) is 0. The van der Waals surface area contributed by atoms with Gasteiger partial charge >= 0.3 is 6.03 Å². The molecule has 1 aliphatic heterocycles. The molecule has 2 rings (SSSR count). The lowest BCUT2D eigenvalue weighted by Gasteiger charge is -2.20. The number of hydrogen-bond acceptors (Lipinski definition) is 3. The molecule has 0 atom stereocenters. The van der Waals surface area contributed by atoms with Crippen LogP contribution in [0.25, 0.3) is 0 Å². The van der Waals surface area contributed by atoms with E-state index in [1.807, 2.05) is 25.7 Å². The zero-order valence-electron chi connectivity index (χ0n) is 17.8. The summed E-state index contributed by atoms with van der Waals surface area (Å²) in [5.74, 6) is -0.118. The molecule has 7 nitrogen and oxygen atoms in total. The fourth-order valence-corrected chi connectivity index (χ4v) is 3.05. The Labute approximate surface area is 173 Å². The summed E-state index contributed by atoms with van der Waals surface area (Å²) >= 11 is 0. The van der Waals surface area contributed by atoms with Gasteiger partial charge in [-0.1, -0.05) is 33.6 Å². The summed E-state index contributed by atoms with van der Waals surface area (Å²) in [5, 5.41) is 8.59. The van der Waals surface area contributed by atoms with E-state index in [0.29, 0.717) is 30.8 Å². The van der Waals surface area contributed by atoms with E-state index in [4.69, 9.17) is 0 Å². The van der Waals surface area contributed by atoms with Crippen LogP contribution in [0.1, 0.15) is 59.3 Å². The zero-order valence-corrected chi connectivity index (χ0v) is 17.8. The van der Waals surface area contributed by atoms with Crippen LogP contribution in [0.3, 0.4) is 0 Å². The Kier molecular flexibility index (Phi) is 8.49. The van der Waals surface area contributed by atoms with Gasteiger partial charge in [-0.25, -0.2) is 4.79 Å². The number of amides is 4. The van der Waals surface area contributed by atoms with Gasteiger partial charge in [-0.05, 0) is 43.5 Å². The third-order valence-electron chi connectivity index (χ3n) is 4.86. The van der Waals surface area contributed by atoms with Crippen molar-refractivity contribution in [3.63, 3.8) is 0 Å². The topological polar surface area (TPSA) is 90.5 Å². The molecule has 0 aliphatic carbocycles. The van der Waals surface area contributed by atoms with E-state index in [1.54, 1.807) is 24.3 Å². The van der Waals surface area contributed by atoms with Crippen molar-refractivity contribution in [3.8, 4) is 0 Å². The molecule has 1 aliphatic rings. The first kappa shape index (κ1) is 22.7. The highest BCUT2D eigenvalue weighted by Crippen LogP contribution is 2.16. The van der Waals surface area contributed by atoms with E-state index < -0.39 is 5.41 Å². The molecular formula is C22H34N4O3. The molecule has 1 fully saturated rings. The minimum Gasteiger partial charge on any atom is -0.356 e. The minimum atomic E-state index is -0.424. The lowest BCUT2D eigenvalue weighted by molar-refractivity contribution is -0.128. The SMILES string of the molecule is CC(C)(C)C(=O)NCCCC(=O)Nc1ccc(NC(=O)N2CCCCCC2)cc1. The number of rotatable bonds is 6. The second-order valence-corrected chi connectivity index (χ2v) is 8.57. The number of urea groups is 1. The molecule has 0 bridgehead atoms. The highest BCUT2D eigenvalue weighted by Gasteiger charge is 2.20. The molecule has 1 aromatic rings. The van der Waals surface area contributed by atoms with Crippen LogP contribution >= 0.6 is 0 Å². The van der Waals surface area contributed by atoms with Gasteiger partial charge in [0.2, 0.25) is 11.8 Å². The van der Waals surface area contributed by atoms with Crippen molar-refractivity contribution in [1.29, 1.82) is 0 Å². The van der Waals surface area contributed by atoms with Crippen LogP contribution in [0, 0.1) is 5.41 Å².